The average Bonchev–Trinajstić information content (AvgIpc) is 3.16. The van der Waals surface area contributed by atoms with Gasteiger partial charge in [-0.25, -0.2) is 4.68 Å². The maximum atomic E-state index is 12.5. The highest BCUT2D eigenvalue weighted by Gasteiger charge is 2.15. The van der Waals surface area contributed by atoms with Crippen molar-refractivity contribution in [2.24, 2.45) is 0 Å². The van der Waals surface area contributed by atoms with Crippen molar-refractivity contribution in [2.45, 2.75) is 51.4 Å². The van der Waals surface area contributed by atoms with Gasteiger partial charge in [-0.2, -0.15) is 0 Å². The van der Waals surface area contributed by atoms with Gasteiger partial charge >= 0.3 is 0 Å². The van der Waals surface area contributed by atoms with Gasteiger partial charge in [0.05, 0.1) is 5.75 Å². The fourth-order valence-electron chi connectivity index (χ4n) is 3.08. The van der Waals surface area contributed by atoms with Gasteiger partial charge in [-0.3, -0.25) is 4.79 Å². The molecule has 1 aromatic heterocycles. The molecule has 1 amide bonds. The highest BCUT2D eigenvalue weighted by molar-refractivity contribution is 7.99. The summed E-state index contributed by atoms with van der Waals surface area (Å²) >= 11 is 1.27. The average molecular weight is 454 g/mol. The molecule has 0 aliphatic carbocycles. The number of carbonyl (C=O) groups excluding carboxylic acids is 1. The van der Waals surface area contributed by atoms with Crippen molar-refractivity contribution in [3.8, 4) is 5.75 Å². The van der Waals surface area contributed by atoms with Crippen LogP contribution in [0.5, 0.6) is 5.75 Å². The van der Waals surface area contributed by atoms with Crippen molar-refractivity contribution >= 4 is 17.7 Å². The maximum Gasteiger partial charge on any atom is 0.233 e. The van der Waals surface area contributed by atoms with Gasteiger partial charge in [-0.1, -0.05) is 68.9 Å². The lowest BCUT2D eigenvalue weighted by molar-refractivity contribution is -0.127. The number of benzene rings is 2. The second kappa shape index (κ2) is 11.0. The van der Waals surface area contributed by atoms with Crippen LogP contribution in [0.25, 0.3) is 0 Å². The van der Waals surface area contributed by atoms with Crippen LogP contribution in [-0.2, 0) is 24.4 Å². The molecular formula is C24H31N5O2S. The van der Waals surface area contributed by atoms with Crippen LogP contribution in [0.3, 0.4) is 0 Å². The Morgan fingerprint density at radius 3 is 2.38 bits per heavy atom. The van der Waals surface area contributed by atoms with E-state index in [0.29, 0.717) is 23.4 Å². The molecule has 0 bridgehead atoms. The number of hydrogen-bond donors (Lipinski definition) is 1. The Morgan fingerprint density at radius 1 is 1.09 bits per heavy atom. The Balaban J connectivity index is 1.49. The monoisotopic (exact) mass is 453 g/mol. The first-order chi connectivity index (χ1) is 15.4. The van der Waals surface area contributed by atoms with Gasteiger partial charge in [0.1, 0.15) is 12.4 Å². The molecule has 7 nitrogen and oxygen atoms in total. The third kappa shape index (κ3) is 6.26. The highest BCUT2D eigenvalue weighted by Crippen LogP contribution is 2.20. The van der Waals surface area contributed by atoms with Crippen molar-refractivity contribution in [3.05, 3.63) is 71.0 Å². The zero-order chi connectivity index (χ0) is 23.1. The molecule has 3 aromatic rings. The number of hydrogen-bond acceptors (Lipinski definition) is 6. The number of nitrogens with zero attached hydrogens (tertiary/aromatic N) is 4. The fraction of sp³-hybridized carbons (Fsp3) is 0.375. The molecule has 170 valence electrons. The molecule has 0 spiro atoms. The van der Waals surface area contributed by atoms with Gasteiger partial charge in [0.2, 0.25) is 11.1 Å². The van der Waals surface area contributed by atoms with Crippen molar-refractivity contribution in [2.75, 3.05) is 18.6 Å². The molecule has 0 saturated heterocycles. The normalized spacial score (nSPS) is 11.0. The zero-order valence-electron chi connectivity index (χ0n) is 19.1. The predicted octanol–water partition coefficient (Wildman–Crippen LogP) is 4.01. The van der Waals surface area contributed by atoms with Crippen LogP contribution in [0.2, 0.25) is 0 Å². The van der Waals surface area contributed by atoms with E-state index in [1.807, 2.05) is 12.1 Å². The van der Waals surface area contributed by atoms with Gasteiger partial charge in [-0.15, -0.1) is 10.2 Å². The smallest absolute Gasteiger partial charge is 0.233 e. The van der Waals surface area contributed by atoms with Gasteiger partial charge in [0.25, 0.3) is 0 Å². The van der Waals surface area contributed by atoms with Crippen molar-refractivity contribution in [1.82, 2.24) is 19.8 Å². The molecule has 0 fully saturated rings. The number of aromatic nitrogens is 3. The molecule has 1 heterocycles. The third-order valence-electron chi connectivity index (χ3n) is 5.25. The summed E-state index contributed by atoms with van der Waals surface area (Å²) in [5.41, 5.74) is 3.64. The lowest BCUT2D eigenvalue weighted by atomic mass is 10.0. The van der Waals surface area contributed by atoms with Gasteiger partial charge in [-0.05, 0) is 41.2 Å². The minimum atomic E-state index is 0.000565. The molecule has 0 unspecified atom stereocenters. The quantitative estimate of drug-likeness (QED) is 0.369. The second-order valence-electron chi connectivity index (χ2n) is 7.99. The zero-order valence-corrected chi connectivity index (χ0v) is 19.9. The van der Waals surface area contributed by atoms with E-state index in [-0.39, 0.29) is 18.3 Å². The van der Waals surface area contributed by atoms with Crippen LogP contribution in [0.1, 0.15) is 49.2 Å². The Bertz CT molecular complexity index is 1020. The molecule has 0 atom stereocenters. The summed E-state index contributed by atoms with van der Waals surface area (Å²) in [5.74, 6) is 8.06. The van der Waals surface area contributed by atoms with E-state index < -0.39 is 0 Å². The maximum absolute atomic E-state index is 12.5. The minimum Gasteiger partial charge on any atom is -0.486 e. The van der Waals surface area contributed by atoms with E-state index in [4.69, 9.17) is 10.6 Å². The lowest BCUT2D eigenvalue weighted by Gasteiger charge is -2.17. The van der Waals surface area contributed by atoms with Crippen LogP contribution < -0.4 is 10.6 Å². The van der Waals surface area contributed by atoms with Crippen LogP contribution in [0, 0.1) is 0 Å². The fourth-order valence-corrected chi connectivity index (χ4v) is 3.90. The molecule has 0 aliphatic heterocycles. The van der Waals surface area contributed by atoms with E-state index in [9.17, 15) is 4.79 Å². The number of amides is 1. The van der Waals surface area contributed by atoms with Crippen molar-refractivity contribution in [1.29, 1.82) is 0 Å². The Labute approximate surface area is 193 Å². The first-order valence-electron chi connectivity index (χ1n) is 10.7. The molecule has 3 rings (SSSR count). The van der Waals surface area contributed by atoms with E-state index in [1.165, 1.54) is 27.6 Å². The van der Waals surface area contributed by atoms with E-state index >= 15 is 0 Å². The summed E-state index contributed by atoms with van der Waals surface area (Å²) < 4.78 is 7.16. The molecule has 0 aliphatic rings. The number of rotatable bonds is 10. The van der Waals surface area contributed by atoms with Gasteiger partial charge < -0.3 is 15.5 Å². The number of carbonyl (C=O) groups is 1. The SMILES string of the molecule is CCc1ccc(CN(C)C(=O)CSc2nnc(COc3ccc(C(C)C)cc3)n2N)cc1. The Hall–Kier alpha value is -3.00. The van der Waals surface area contributed by atoms with E-state index in [2.05, 4.69) is 67.4 Å². The van der Waals surface area contributed by atoms with Crippen LogP contribution in [-0.4, -0.2) is 38.5 Å². The largest absolute Gasteiger partial charge is 0.486 e. The topological polar surface area (TPSA) is 86.3 Å². The molecule has 32 heavy (non-hydrogen) atoms. The minimum absolute atomic E-state index is 0.000565. The Morgan fingerprint density at radius 2 is 1.75 bits per heavy atom. The number of nitrogen functional groups attached to an aromatic ring is 1. The van der Waals surface area contributed by atoms with Crippen molar-refractivity contribution in [3.63, 3.8) is 0 Å². The number of thioether (sulfide) groups is 1. The third-order valence-corrected chi connectivity index (χ3v) is 6.18. The van der Waals surface area contributed by atoms with Crippen LogP contribution >= 0.6 is 11.8 Å². The van der Waals surface area contributed by atoms with E-state index in [1.54, 1.807) is 11.9 Å². The molecule has 2 N–H and O–H groups in total. The summed E-state index contributed by atoms with van der Waals surface area (Å²) in [6, 6.07) is 16.3. The standard InChI is InChI=1S/C24H31N5O2S/c1-5-18-6-8-19(9-7-18)14-28(4)23(30)16-32-24-27-26-22(29(24)25)15-31-21-12-10-20(11-13-21)17(2)3/h6-13,17H,5,14-16,25H2,1-4H3. The molecule has 8 heteroatoms. The summed E-state index contributed by atoms with van der Waals surface area (Å²) in [6.45, 7) is 7.19. The summed E-state index contributed by atoms with van der Waals surface area (Å²) in [5, 5.41) is 8.68. The van der Waals surface area contributed by atoms with Crippen molar-refractivity contribution < 1.29 is 9.53 Å². The summed E-state index contributed by atoms with van der Waals surface area (Å²) in [4.78, 5) is 14.2. The molecular weight excluding hydrogens is 422 g/mol. The molecule has 2 aromatic carbocycles. The first-order valence-corrected chi connectivity index (χ1v) is 11.7. The van der Waals surface area contributed by atoms with Crippen LogP contribution in [0.4, 0.5) is 0 Å². The highest BCUT2D eigenvalue weighted by atomic mass is 32.2. The number of ether oxygens (including phenoxy) is 1. The summed E-state index contributed by atoms with van der Waals surface area (Å²) in [7, 11) is 1.80. The van der Waals surface area contributed by atoms with E-state index in [0.717, 1.165) is 17.7 Å². The van der Waals surface area contributed by atoms with Crippen LogP contribution in [0.15, 0.2) is 53.7 Å². The molecule has 0 radical (unpaired) electrons. The molecule has 0 saturated carbocycles. The summed E-state index contributed by atoms with van der Waals surface area (Å²) in [6.07, 6.45) is 1.00. The first kappa shape index (κ1) is 23.7. The second-order valence-corrected chi connectivity index (χ2v) is 8.93. The number of nitrogens with two attached hydrogens (primary N) is 1. The number of aryl methyl sites for hydroxylation is 1. The predicted molar refractivity (Wildman–Crippen MR) is 128 cm³/mol. The van der Waals surface area contributed by atoms with Gasteiger partial charge in [0, 0.05) is 13.6 Å². The Kier molecular flexibility index (Phi) is 8.16. The lowest BCUT2D eigenvalue weighted by Crippen LogP contribution is -2.28. The van der Waals surface area contributed by atoms with Gasteiger partial charge in [0.15, 0.2) is 5.82 Å².